The predicted octanol–water partition coefficient (Wildman–Crippen LogP) is 4.84. The molecule has 0 spiro atoms. The van der Waals surface area contributed by atoms with Gasteiger partial charge in [0.25, 0.3) is 0 Å². The molecule has 1 aliphatic rings. The number of para-hydroxylation sites is 1. The van der Waals surface area contributed by atoms with Gasteiger partial charge in [0.05, 0.1) is 10.5 Å². The molecule has 4 N–H and O–H groups in total. The fraction of sp³-hybridized carbons (Fsp3) is 0.300. The van der Waals surface area contributed by atoms with Crippen LogP contribution in [-0.2, 0) is 6.54 Å². The molecule has 0 bridgehead atoms. The monoisotopic (exact) mass is 385 g/mol. The third kappa shape index (κ3) is 3.82. The van der Waals surface area contributed by atoms with E-state index in [0.717, 1.165) is 22.3 Å². The lowest BCUT2D eigenvalue weighted by molar-refractivity contribution is 0.628. The summed E-state index contributed by atoms with van der Waals surface area (Å²) >= 11 is 5.88. The normalized spacial score (nSPS) is 15.0. The topological polar surface area (TPSA) is 75.9 Å². The number of rotatable bonds is 6. The Morgan fingerprint density at radius 1 is 1.26 bits per heavy atom. The van der Waals surface area contributed by atoms with Crippen LogP contribution in [0, 0.1) is 11.7 Å². The van der Waals surface area contributed by atoms with Crippen LogP contribution in [0.3, 0.4) is 0 Å². The molecule has 1 aliphatic carbocycles. The minimum atomic E-state index is -0.465. The molecule has 0 unspecified atom stereocenters. The maximum Gasteiger partial charge on any atom is 0.229 e. The smallest absolute Gasteiger partial charge is 0.229 e. The molecule has 3 aromatic rings. The largest absolute Gasteiger partial charge is 0.367 e. The quantitative estimate of drug-likeness (QED) is 0.566. The Kier molecular flexibility index (Phi) is 4.85. The van der Waals surface area contributed by atoms with E-state index in [9.17, 15) is 4.39 Å². The number of nitrogens with two attached hydrogens (primary N) is 1. The van der Waals surface area contributed by atoms with Crippen molar-refractivity contribution in [2.24, 2.45) is 11.7 Å². The van der Waals surface area contributed by atoms with Crippen molar-refractivity contribution in [1.82, 2.24) is 9.97 Å². The number of hydrogen-bond acceptors (Lipinski definition) is 5. The number of aromatic nitrogens is 2. The molecule has 5 nitrogen and oxygen atoms in total. The average molecular weight is 386 g/mol. The van der Waals surface area contributed by atoms with Crippen LogP contribution < -0.4 is 16.4 Å². The van der Waals surface area contributed by atoms with Gasteiger partial charge in [0, 0.05) is 23.7 Å². The van der Waals surface area contributed by atoms with E-state index in [1.807, 2.05) is 18.2 Å². The molecule has 7 heteroatoms. The maximum absolute atomic E-state index is 13.4. The molecule has 1 heterocycles. The molecule has 0 amide bonds. The second-order valence-corrected chi connectivity index (χ2v) is 7.34. The van der Waals surface area contributed by atoms with Crippen LogP contribution in [0.1, 0.15) is 25.3 Å². The Bertz CT molecular complexity index is 990. The summed E-state index contributed by atoms with van der Waals surface area (Å²) < 4.78 is 13.4. The van der Waals surface area contributed by atoms with Gasteiger partial charge in [-0.15, -0.1) is 0 Å². The number of fused-ring (bicyclic) bond motifs is 1. The van der Waals surface area contributed by atoms with Crippen LogP contribution in [0.2, 0.25) is 5.02 Å². The minimum absolute atomic E-state index is 0.0455. The van der Waals surface area contributed by atoms with Gasteiger partial charge in [-0.05, 0) is 55.5 Å². The van der Waals surface area contributed by atoms with Crippen molar-refractivity contribution in [2.45, 2.75) is 32.4 Å². The van der Waals surface area contributed by atoms with Gasteiger partial charge in [0.2, 0.25) is 5.95 Å². The van der Waals surface area contributed by atoms with Crippen LogP contribution >= 0.6 is 11.6 Å². The highest BCUT2D eigenvalue weighted by atomic mass is 35.5. The molecule has 2 aromatic carbocycles. The van der Waals surface area contributed by atoms with Crippen LogP contribution in [-0.4, -0.2) is 16.0 Å². The maximum atomic E-state index is 13.4. The van der Waals surface area contributed by atoms with E-state index in [1.165, 1.54) is 25.0 Å². The zero-order chi connectivity index (χ0) is 19.0. The lowest BCUT2D eigenvalue weighted by Crippen LogP contribution is -2.19. The Morgan fingerprint density at radius 3 is 2.78 bits per heavy atom. The number of nitrogens with one attached hydrogen (secondary N) is 2. The van der Waals surface area contributed by atoms with Crippen LogP contribution in [0.5, 0.6) is 0 Å². The summed E-state index contributed by atoms with van der Waals surface area (Å²) in [5.74, 6) is 1.40. The molecule has 0 saturated heterocycles. The summed E-state index contributed by atoms with van der Waals surface area (Å²) in [6.45, 7) is 2.55. The zero-order valence-corrected chi connectivity index (χ0v) is 15.7. The summed E-state index contributed by atoms with van der Waals surface area (Å²) in [5, 5.41) is 7.63. The van der Waals surface area contributed by atoms with Crippen LogP contribution in [0.4, 0.5) is 21.8 Å². The molecule has 4 rings (SSSR count). The van der Waals surface area contributed by atoms with Gasteiger partial charge in [-0.3, -0.25) is 0 Å². The molecule has 1 atom stereocenters. The molecule has 1 fully saturated rings. The van der Waals surface area contributed by atoms with Crippen LogP contribution in [0.25, 0.3) is 10.9 Å². The Hall–Kier alpha value is -2.44. The van der Waals surface area contributed by atoms with E-state index < -0.39 is 5.82 Å². The van der Waals surface area contributed by atoms with E-state index in [1.54, 1.807) is 6.07 Å². The van der Waals surface area contributed by atoms with Crippen molar-refractivity contribution < 1.29 is 4.39 Å². The van der Waals surface area contributed by atoms with E-state index >= 15 is 0 Å². The van der Waals surface area contributed by atoms with Gasteiger partial charge in [0.1, 0.15) is 11.6 Å². The number of anilines is 3. The second-order valence-electron chi connectivity index (χ2n) is 6.94. The first-order chi connectivity index (χ1) is 13.0. The summed E-state index contributed by atoms with van der Waals surface area (Å²) in [5.41, 5.74) is 8.27. The highest BCUT2D eigenvalue weighted by molar-refractivity contribution is 6.31. The predicted molar refractivity (Wildman–Crippen MR) is 108 cm³/mol. The molecule has 27 heavy (non-hydrogen) atoms. The Balaban J connectivity index is 1.76. The van der Waals surface area contributed by atoms with Crippen LogP contribution in [0.15, 0.2) is 36.4 Å². The fourth-order valence-electron chi connectivity index (χ4n) is 3.17. The minimum Gasteiger partial charge on any atom is -0.367 e. The van der Waals surface area contributed by atoms with E-state index in [0.29, 0.717) is 30.1 Å². The van der Waals surface area contributed by atoms with Gasteiger partial charge >= 0.3 is 0 Å². The highest BCUT2D eigenvalue weighted by Crippen LogP contribution is 2.35. The van der Waals surface area contributed by atoms with Crippen molar-refractivity contribution in [3.8, 4) is 0 Å². The van der Waals surface area contributed by atoms with E-state index in [2.05, 4.69) is 27.5 Å². The number of nitrogens with zero attached hydrogens (tertiary/aromatic N) is 2. The van der Waals surface area contributed by atoms with Gasteiger partial charge in [-0.25, -0.2) is 9.37 Å². The average Bonchev–Trinajstić information content (AvgIpc) is 3.49. The lowest BCUT2D eigenvalue weighted by atomic mass is 10.1. The fourth-order valence-corrected chi connectivity index (χ4v) is 3.36. The summed E-state index contributed by atoms with van der Waals surface area (Å²) in [4.78, 5) is 9.31. The molecular formula is C20H21ClFN5. The van der Waals surface area contributed by atoms with Crippen molar-refractivity contribution >= 4 is 40.0 Å². The zero-order valence-electron chi connectivity index (χ0n) is 15.0. The SMILES string of the molecule is C[C@@H](Nc1nc(Nc2ccc(F)c(Cl)c2)nc2c(CN)cccc12)C1CC1. The number of benzene rings is 2. The Labute approximate surface area is 162 Å². The first-order valence-electron chi connectivity index (χ1n) is 9.03. The first-order valence-corrected chi connectivity index (χ1v) is 9.41. The van der Waals surface area contributed by atoms with E-state index in [4.69, 9.17) is 17.3 Å². The standard InChI is InChI=1S/C20H21ClFN5/c1-11(12-5-6-12)24-19-15-4-2-3-13(10-23)18(15)26-20(27-19)25-14-7-8-17(22)16(21)9-14/h2-4,7-9,11-12H,5-6,10,23H2,1H3,(H2,24,25,26,27)/t11-/m1/s1. The van der Waals surface area contributed by atoms with Gasteiger partial charge in [-0.1, -0.05) is 23.7 Å². The number of hydrogen-bond donors (Lipinski definition) is 3. The summed E-state index contributed by atoms with van der Waals surface area (Å²) in [6.07, 6.45) is 2.48. The van der Waals surface area contributed by atoms with Crippen molar-refractivity contribution in [2.75, 3.05) is 10.6 Å². The molecule has 1 saturated carbocycles. The van der Waals surface area contributed by atoms with Crippen molar-refractivity contribution in [3.05, 3.63) is 52.8 Å². The molecule has 0 radical (unpaired) electrons. The second kappa shape index (κ2) is 7.29. The van der Waals surface area contributed by atoms with Gasteiger partial charge in [-0.2, -0.15) is 4.98 Å². The third-order valence-electron chi connectivity index (χ3n) is 4.90. The lowest BCUT2D eigenvalue weighted by Gasteiger charge is -2.17. The summed E-state index contributed by atoms with van der Waals surface area (Å²) in [6, 6.07) is 10.7. The molecule has 1 aromatic heterocycles. The molecule has 140 valence electrons. The first kappa shape index (κ1) is 17.9. The molecule has 0 aliphatic heterocycles. The van der Waals surface area contributed by atoms with Gasteiger partial charge in [0.15, 0.2) is 0 Å². The number of halogens is 2. The van der Waals surface area contributed by atoms with Crippen molar-refractivity contribution in [3.63, 3.8) is 0 Å². The molecular weight excluding hydrogens is 365 g/mol. The summed E-state index contributed by atoms with van der Waals surface area (Å²) in [7, 11) is 0. The van der Waals surface area contributed by atoms with E-state index in [-0.39, 0.29) is 5.02 Å². The van der Waals surface area contributed by atoms with Gasteiger partial charge < -0.3 is 16.4 Å². The van der Waals surface area contributed by atoms with Crippen molar-refractivity contribution in [1.29, 1.82) is 0 Å². The Morgan fingerprint density at radius 2 is 2.07 bits per heavy atom. The third-order valence-corrected chi connectivity index (χ3v) is 5.19. The highest BCUT2D eigenvalue weighted by Gasteiger charge is 2.28.